The van der Waals surface area contributed by atoms with Crippen LogP contribution < -0.4 is 10.6 Å². The van der Waals surface area contributed by atoms with Gasteiger partial charge in [0.15, 0.2) is 5.96 Å². The third-order valence-electron chi connectivity index (χ3n) is 3.83. The first kappa shape index (κ1) is 18.7. The van der Waals surface area contributed by atoms with E-state index in [4.69, 9.17) is 4.74 Å². The molecule has 1 aliphatic rings. The Kier molecular flexibility index (Phi) is 7.01. The third-order valence-corrected chi connectivity index (χ3v) is 3.83. The first-order valence-corrected chi connectivity index (χ1v) is 8.51. The highest BCUT2D eigenvalue weighted by Gasteiger charge is 2.25. The van der Waals surface area contributed by atoms with Gasteiger partial charge in [0, 0.05) is 51.5 Å². The molecule has 8 nitrogen and oxygen atoms in total. The number of aromatic nitrogens is 2. The topological polar surface area (TPSA) is 86.9 Å². The molecule has 1 atom stereocenters. The Balaban J connectivity index is 1.84. The van der Waals surface area contributed by atoms with E-state index in [0.29, 0.717) is 25.6 Å². The van der Waals surface area contributed by atoms with E-state index >= 15 is 0 Å². The number of ether oxygens (including phenoxy) is 1. The maximum atomic E-state index is 10.6. The number of morpholine rings is 1. The molecule has 0 aliphatic carbocycles. The van der Waals surface area contributed by atoms with Gasteiger partial charge in [0.25, 0.3) is 0 Å². The molecule has 1 fully saturated rings. The standard InChI is InChI=1S/C16H30N6O2/c1-4-17-15(18-9-14-10-20-21(3)11-14)19-12-16(2,23)13-22-5-7-24-8-6-22/h10-11,23H,4-9,12-13H2,1-3H3,(H2,17,18,19). The molecule has 1 aromatic rings. The fourth-order valence-electron chi connectivity index (χ4n) is 2.64. The summed E-state index contributed by atoms with van der Waals surface area (Å²) in [6.07, 6.45) is 3.75. The first-order valence-electron chi connectivity index (χ1n) is 8.51. The summed E-state index contributed by atoms with van der Waals surface area (Å²) in [5.74, 6) is 0.698. The van der Waals surface area contributed by atoms with Crippen LogP contribution in [-0.2, 0) is 18.3 Å². The van der Waals surface area contributed by atoms with Crippen LogP contribution in [0, 0.1) is 0 Å². The number of hydrogen-bond donors (Lipinski definition) is 3. The van der Waals surface area contributed by atoms with Crippen LogP contribution in [0.25, 0.3) is 0 Å². The van der Waals surface area contributed by atoms with Crippen LogP contribution in [0.1, 0.15) is 19.4 Å². The largest absolute Gasteiger partial charge is 0.387 e. The number of nitrogens with zero attached hydrogens (tertiary/aromatic N) is 4. The van der Waals surface area contributed by atoms with Gasteiger partial charge < -0.3 is 20.5 Å². The average Bonchev–Trinajstić information content (AvgIpc) is 2.96. The summed E-state index contributed by atoms with van der Waals surface area (Å²) < 4.78 is 7.11. The summed E-state index contributed by atoms with van der Waals surface area (Å²) in [5, 5.41) is 21.2. The molecule has 0 aromatic carbocycles. The minimum atomic E-state index is -0.832. The minimum absolute atomic E-state index is 0.434. The Bertz CT molecular complexity index is 522. The minimum Gasteiger partial charge on any atom is -0.387 e. The Morgan fingerprint density at radius 2 is 2.17 bits per heavy atom. The van der Waals surface area contributed by atoms with E-state index in [1.54, 1.807) is 4.68 Å². The molecule has 8 heteroatoms. The second-order valence-corrected chi connectivity index (χ2v) is 6.46. The van der Waals surface area contributed by atoms with Gasteiger partial charge in [-0.1, -0.05) is 0 Å². The maximum Gasteiger partial charge on any atom is 0.191 e. The van der Waals surface area contributed by atoms with E-state index in [9.17, 15) is 5.11 Å². The van der Waals surface area contributed by atoms with Crippen molar-refractivity contribution in [1.29, 1.82) is 0 Å². The summed E-state index contributed by atoms with van der Waals surface area (Å²) in [4.78, 5) is 6.77. The lowest BCUT2D eigenvalue weighted by Gasteiger charge is -2.34. The van der Waals surface area contributed by atoms with Gasteiger partial charge >= 0.3 is 0 Å². The van der Waals surface area contributed by atoms with Gasteiger partial charge in [-0.2, -0.15) is 5.10 Å². The summed E-state index contributed by atoms with van der Waals surface area (Å²) in [6, 6.07) is 0. The molecule has 24 heavy (non-hydrogen) atoms. The van der Waals surface area contributed by atoms with Gasteiger partial charge in [-0.25, -0.2) is 4.99 Å². The molecular weight excluding hydrogens is 308 g/mol. The fourth-order valence-corrected chi connectivity index (χ4v) is 2.64. The number of guanidine groups is 1. The van der Waals surface area contributed by atoms with Crippen LogP contribution in [0.5, 0.6) is 0 Å². The predicted molar refractivity (Wildman–Crippen MR) is 93.9 cm³/mol. The normalized spacial score (nSPS) is 19.1. The van der Waals surface area contributed by atoms with Crippen molar-refractivity contribution < 1.29 is 9.84 Å². The molecule has 2 rings (SSSR count). The zero-order valence-corrected chi connectivity index (χ0v) is 15.0. The number of nitrogens with one attached hydrogen (secondary N) is 2. The van der Waals surface area contributed by atoms with Crippen molar-refractivity contribution in [3.8, 4) is 0 Å². The molecule has 3 N–H and O–H groups in total. The van der Waals surface area contributed by atoms with Crippen LogP contribution in [0.3, 0.4) is 0 Å². The van der Waals surface area contributed by atoms with Crippen LogP contribution in [0.2, 0.25) is 0 Å². The quantitative estimate of drug-likeness (QED) is 0.461. The highest BCUT2D eigenvalue weighted by molar-refractivity contribution is 5.79. The van der Waals surface area contributed by atoms with Gasteiger partial charge in [-0.3, -0.25) is 9.58 Å². The summed E-state index contributed by atoms with van der Waals surface area (Å²) in [5.41, 5.74) is 0.219. The molecule has 0 spiro atoms. The van der Waals surface area contributed by atoms with Crippen molar-refractivity contribution >= 4 is 5.96 Å². The average molecular weight is 338 g/mol. The van der Waals surface area contributed by atoms with Crippen LogP contribution in [0.15, 0.2) is 17.4 Å². The molecule has 0 saturated carbocycles. The van der Waals surface area contributed by atoms with Gasteiger partial charge in [0.05, 0.1) is 31.6 Å². The number of aliphatic imine (C=N–C) groups is 1. The van der Waals surface area contributed by atoms with E-state index in [1.165, 1.54) is 0 Å². The second kappa shape index (κ2) is 9.00. The van der Waals surface area contributed by atoms with Crippen molar-refractivity contribution in [2.45, 2.75) is 26.0 Å². The second-order valence-electron chi connectivity index (χ2n) is 6.46. The molecule has 0 bridgehead atoms. The first-order chi connectivity index (χ1) is 11.5. The van der Waals surface area contributed by atoms with Crippen molar-refractivity contribution in [3.63, 3.8) is 0 Å². The SMILES string of the molecule is CCNC(=NCc1cnn(C)c1)NCC(C)(O)CN1CCOCC1. The Labute approximate surface area is 143 Å². The zero-order valence-electron chi connectivity index (χ0n) is 15.0. The van der Waals surface area contributed by atoms with Gasteiger partial charge in [-0.15, -0.1) is 0 Å². The Hall–Kier alpha value is -1.64. The molecule has 1 unspecified atom stereocenters. The highest BCUT2D eigenvalue weighted by atomic mass is 16.5. The third kappa shape index (κ3) is 6.46. The van der Waals surface area contributed by atoms with Gasteiger partial charge in [0.1, 0.15) is 0 Å². The lowest BCUT2D eigenvalue weighted by atomic mass is 10.1. The summed E-state index contributed by atoms with van der Waals surface area (Å²) in [6.45, 7) is 9.44. The predicted octanol–water partition coefficient (Wildman–Crippen LogP) is -0.442. The molecule has 0 amide bonds. The lowest BCUT2D eigenvalue weighted by Crippen LogP contribution is -2.52. The van der Waals surface area contributed by atoms with Crippen LogP contribution >= 0.6 is 0 Å². The fraction of sp³-hybridized carbons (Fsp3) is 0.750. The van der Waals surface area contributed by atoms with Crippen molar-refractivity contribution in [2.75, 3.05) is 45.9 Å². The van der Waals surface area contributed by atoms with E-state index in [1.807, 2.05) is 33.3 Å². The molecule has 2 heterocycles. The van der Waals surface area contributed by atoms with Gasteiger partial charge in [0.2, 0.25) is 0 Å². The molecular formula is C16H30N6O2. The molecule has 1 saturated heterocycles. The lowest BCUT2D eigenvalue weighted by molar-refractivity contribution is -0.0201. The molecule has 136 valence electrons. The summed E-state index contributed by atoms with van der Waals surface area (Å²) >= 11 is 0. The van der Waals surface area contributed by atoms with Crippen molar-refractivity contribution in [1.82, 2.24) is 25.3 Å². The maximum absolute atomic E-state index is 10.6. The number of aliphatic hydroxyl groups is 1. The van der Waals surface area contributed by atoms with E-state index < -0.39 is 5.60 Å². The van der Waals surface area contributed by atoms with Gasteiger partial charge in [-0.05, 0) is 13.8 Å². The summed E-state index contributed by atoms with van der Waals surface area (Å²) in [7, 11) is 1.89. The Morgan fingerprint density at radius 1 is 1.42 bits per heavy atom. The molecule has 0 radical (unpaired) electrons. The van der Waals surface area contributed by atoms with Crippen LogP contribution in [-0.4, -0.2) is 77.3 Å². The number of aryl methyl sites for hydroxylation is 1. The van der Waals surface area contributed by atoms with E-state index in [-0.39, 0.29) is 0 Å². The van der Waals surface area contributed by atoms with E-state index in [0.717, 1.165) is 38.4 Å². The molecule has 1 aliphatic heterocycles. The monoisotopic (exact) mass is 338 g/mol. The van der Waals surface area contributed by atoms with E-state index in [2.05, 4.69) is 25.6 Å². The Morgan fingerprint density at radius 3 is 2.79 bits per heavy atom. The molecule has 1 aromatic heterocycles. The highest BCUT2D eigenvalue weighted by Crippen LogP contribution is 2.07. The number of β-amino-alcohol motifs (C(OH)–C–C–N with tert-alkyl or cyclic N) is 1. The smallest absolute Gasteiger partial charge is 0.191 e. The van der Waals surface area contributed by atoms with Crippen LogP contribution in [0.4, 0.5) is 0 Å². The van der Waals surface area contributed by atoms with Crippen molar-refractivity contribution in [3.05, 3.63) is 18.0 Å². The number of rotatable bonds is 7. The van der Waals surface area contributed by atoms with Crippen molar-refractivity contribution in [2.24, 2.45) is 12.0 Å². The number of hydrogen-bond acceptors (Lipinski definition) is 5. The zero-order chi connectivity index (χ0) is 17.4.